The fourth-order valence-corrected chi connectivity index (χ4v) is 3.54. The van der Waals surface area contributed by atoms with Gasteiger partial charge in [-0.05, 0) is 43.5 Å². The van der Waals surface area contributed by atoms with E-state index >= 15 is 0 Å². The number of carbonyl (C=O) groups is 2. The fourth-order valence-electron chi connectivity index (χ4n) is 3.16. The van der Waals surface area contributed by atoms with Gasteiger partial charge in [0.15, 0.2) is 0 Å². The van der Waals surface area contributed by atoms with Gasteiger partial charge in [-0.1, -0.05) is 47.5 Å². The summed E-state index contributed by atoms with van der Waals surface area (Å²) in [7, 11) is 0. The number of nitrogens with one attached hydrogen (secondary N) is 1. The molecular formula is C20H20Cl2N2O2. The van der Waals surface area contributed by atoms with Gasteiger partial charge < -0.3 is 10.2 Å². The Balaban J connectivity index is 1.59. The number of benzene rings is 2. The predicted molar refractivity (Wildman–Crippen MR) is 104 cm³/mol. The molecule has 1 saturated heterocycles. The summed E-state index contributed by atoms with van der Waals surface area (Å²) in [4.78, 5) is 26.9. The molecule has 1 aliphatic heterocycles. The van der Waals surface area contributed by atoms with Crippen LogP contribution in [0.5, 0.6) is 0 Å². The summed E-state index contributed by atoms with van der Waals surface area (Å²) >= 11 is 12.1. The van der Waals surface area contributed by atoms with E-state index in [2.05, 4.69) is 5.32 Å². The third-order valence-electron chi connectivity index (χ3n) is 4.69. The smallest absolute Gasteiger partial charge is 0.255 e. The van der Waals surface area contributed by atoms with Gasteiger partial charge >= 0.3 is 0 Å². The van der Waals surface area contributed by atoms with Crippen LogP contribution in [0.1, 0.15) is 39.1 Å². The number of amides is 2. The molecule has 3 rings (SSSR count). The van der Waals surface area contributed by atoms with E-state index < -0.39 is 0 Å². The molecule has 26 heavy (non-hydrogen) atoms. The van der Waals surface area contributed by atoms with E-state index in [9.17, 15) is 9.59 Å². The molecule has 0 aromatic heterocycles. The lowest BCUT2D eigenvalue weighted by Gasteiger charge is -2.32. The molecule has 0 aliphatic carbocycles. The summed E-state index contributed by atoms with van der Waals surface area (Å²) in [5.74, 6) is -0.188. The van der Waals surface area contributed by atoms with Crippen LogP contribution in [-0.2, 0) is 0 Å². The minimum atomic E-state index is -0.124. The van der Waals surface area contributed by atoms with Gasteiger partial charge in [-0.2, -0.15) is 0 Å². The maximum absolute atomic E-state index is 12.7. The van der Waals surface area contributed by atoms with Crippen molar-refractivity contribution in [3.05, 3.63) is 69.2 Å². The minimum Gasteiger partial charge on any atom is -0.349 e. The number of carbonyl (C=O) groups excluding carboxylic acids is 2. The lowest BCUT2D eigenvalue weighted by molar-refractivity contribution is 0.0698. The molecule has 6 heteroatoms. The van der Waals surface area contributed by atoms with E-state index in [1.165, 1.54) is 0 Å². The fraction of sp³-hybridized carbons (Fsp3) is 0.300. The largest absolute Gasteiger partial charge is 0.349 e. The highest BCUT2D eigenvalue weighted by Gasteiger charge is 2.26. The van der Waals surface area contributed by atoms with E-state index in [-0.39, 0.29) is 22.9 Å². The molecule has 1 heterocycles. The van der Waals surface area contributed by atoms with E-state index in [1.54, 1.807) is 23.1 Å². The molecule has 2 aromatic rings. The monoisotopic (exact) mass is 390 g/mol. The van der Waals surface area contributed by atoms with Gasteiger partial charge in [0.1, 0.15) is 0 Å². The summed E-state index contributed by atoms with van der Waals surface area (Å²) < 4.78 is 0. The Morgan fingerprint density at radius 2 is 1.65 bits per heavy atom. The standard InChI is InChI=1S/C20H20Cl2N2O2/c1-13-5-2-3-6-15(13)19(25)23-14-9-11-24(12-10-14)20(26)16-7-4-8-17(21)18(16)22/h2-8,14H,9-12H2,1H3,(H,23,25). The Bertz CT molecular complexity index is 830. The van der Waals surface area contributed by atoms with Crippen molar-refractivity contribution in [2.45, 2.75) is 25.8 Å². The third-order valence-corrected chi connectivity index (χ3v) is 5.51. The maximum atomic E-state index is 12.7. The molecule has 0 saturated carbocycles. The molecule has 0 spiro atoms. The van der Waals surface area contributed by atoms with E-state index in [0.29, 0.717) is 42.1 Å². The third kappa shape index (κ3) is 4.02. The number of hydrogen-bond acceptors (Lipinski definition) is 2. The van der Waals surface area contributed by atoms with E-state index in [4.69, 9.17) is 23.2 Å². The van der Waals surface area contributed by atoms with Gasteiger partial charge in [0.2, 0.25) is 0 Å². The molecule has 136 valence electrons. The molecule has 1 N–H and O–H groups in total. The number of rotatable bonds is 3. The highest BCUT2D eigenvalue weighted by Crippen LogP contribution is 2.27. The summed E-state index contributed by atoms with van der Waals surface area (Å²) in [5, 5.41) is 3.73. The van der Waals surface area contributed by atoms with Crippen LogP contribution >= 0.6 is 23.2 Å². The van der Waals surface area contributed by atoms with E-state index in [1.807, 2.05) is 31.2 Å². The van der Waals surface area contributed by atoms with Crippen LogP contribution < -0.4 is 5.32 Å². The predicted octanol–water partition coefficient (Wildman–Crippen LogP) is 4.34. The Hall–Kier alpha value is -2.04. The molecule has 1 fully saturated rings. The van der Waals surface area contributed by atoms with Crippen LogP contribution in [0.15, 0.2) is 42.5 Å². The number of halogens is 2. The first-order valence-corrected chi connectivity index (χ1v) is 9.32. The van der Waals surface area contributed by atoms with Gasteiger partial charge in [-0.3, -0.25) is 9.59 Å². The summed E-state index contributed by atoms with van der Waals surface area (Å²) in [6.45, 7) is 3.06. The van der Waals surface area contributed by atoms with Crippen molar-refractivity contribution in [1.29, 1.82) is 0 Å². The average Bonchev–Trinajstić information content (AvgIpc) is 2.64. The molecule has 0 atom stereocenters. The summed E-state index contributed by atoms with van der Waals surface area (Å²) in [6, 6.07) is 12.6. The number of aryl methyl sites for hydroxylation is 1. The molecule has 0 radical (unpaired) electrons. The molecule has 2 amide bonds. The van der Waals surface area contributed by atoms with Gasteiger partial charge in [0.25, 0.3) is 11.8 Å². The minimum absolute atomic E-state index is 0.0565. The summed E-state index contributed by atoms with van der Waals surface area (Å²) in [5.41, 5.74) is 2.06. The van der Waals surface area contributed by atoms with Gasteiger partial charge in [0.05, 0.1) is 15.6 Å². The van der Waals surface area contributed by atoms with Crippen molar-refractivity contribution < 1.29 is 9.59 Å². The molecule has 4 nitrogen and oxygen atoms in total. The highest BCUT2D eigenvalue weighted by molar-refractivity contribution is 6.43. The second-order valence-corrected chi connectivity index (χ2v) is 7.24. The first-order chi connectivity index (χ1) is 12.5. The number of nitrogens with zero attached hydrogens (tertiary/aromatic N) is 1. The maximum Gasteiger partial charge on any atom is 0.255 e. The highest BCUT2D eigenvalue weighted by atomic mass is 35.5. The van der Waals surface area contributed by atoms with Gasteiger partial charge in [-0.25, -0.2) is 0 Å². The Morgan fingerprint density at radius 1 is 1.00 bits per heavy atom. The number of hydrogen-bond donors (Lipinski definition) is 1. The van der Waals surface area contributed by atoms with Crippen molar-refractivity contribution >= 4 is 35.0 Å². The van der Waals surface area contributed by atoms with Crippen LogP contribution in [0.2, 0.25) is 10.0 Å². The molecule has 1 aliphatic rings. The normalized spacial score (nSPS) is 15.0. The van der Waals surface area contributed by atoms with Crippen molar-refractivity contribution in [2.24, 2.45) is 0 Å². The zero-order chi connectivity index (χ0) is 18.7. The van der Waals surface area contributed by atoms with E-state index in [0.717, 1.165) is 5.56 Å². The van der Waals surface area contributed by atoms with Gasteiger partial charge in [-0.15, -0.1) is 0 Å². The first kappa shape index (κ1) is 18.7. The van der Waals surface area contributed by atoms with Crippen LogP contribution in [0.25, 0.3) is 0 Å². The van der Waals surface area contributed by atoms with Crippen molar-refractivity contribution in [1.82, 2.24) is 10.2 Å². The molecule has 0 bridgehead atoms. The van der Waals surface area contributed by atoms with Crippen LogP contribution in [0.3, 0.4) is 0 Å². The second kappa shape index (κ2) is 8.11. The number of piperidine rings is 1. The Kier molecular flexibility index (Phi) is 5.84. The quantitative estimate of drug-likeness (QED) is 0.847. The molecule has 2 aromatic carbocycles. The zero-order valence-electron chi connectivity index (χ0n) is 14.5. The van der Waals surface area contributed by atoms with Crippen molar-refractivity contribution in [3.8, 4) is 0 Å². The first-order valence-electron chi connectivity index (χ1n) is 8.57. The van der Waals surface area contributed by atoms with Crippen LogP contribution in [0.4, 0.5) is 0 Å². The summed E-state index contributed by atoms with van der Waals surface area (Å²) in [6.07, 6.45) is 1.42. The van der Waals surface area contributed by atoms with Crippen LogP contribution in [0, 0.1) is 6.92 Å². The second-order valence-electron chi connectivity index (χ2n) is 6.46. The topological polar surface area (TPSA) is 49.4 Å². The lowest BCUT2D eigenvalue weighted by atomic mass is 10.0. The Morgan fingerprint density at radius 3 is 2.35 bits per heavy atom. The van der Waals surface area contributed by atoms with Gasteiger partial charge in [0, 0.05) is 24.7 Å². The zero-order valence-corrected chi connectivity index (χ0v) is 16.0. The average molecular weight is 391 g/mol. The van der Waals surface area contributed by atoms with Crippen LogP contribution in [-0.4, -0.2) is 35.8 Å². The van der Waals surface area contributed by atoms with Crippen molar-refractivity contribution in [2.75, 3.05) is 13.1 Å². The van der Waals surface area contributed by atoms with Crippen molar-refractivity contribution in [3.63, 3.8) is 0 Å². The molecular weight excluding hydrogens is 371 g/mol. The Labute approximate surface area is 163 Å². The molecule has 0 unspecified atom stereocenters. The lowest BCUT2D eigenvalue weighted by Crippen LogP contribution is -2.46. The number of likely N-dealkylation sites (tertiary alicyclic amines) is 1. The SMILES string of the molecule is Cc1ccccc1C(=O)NC1CCN(C(=O)c2cccc(Cl)c2Cl)CC1.